The van der Waals surface area contributed by atoms with E-state index >= 15 is 0 Å². The van der Waals surface area contributed by atoms with Crippen molar-refractivity contribution in [3.05, 3.63) is 28.8 Å². The molecule has 0 aromatic heterocycles. The van der Waals surface area contributed by atoms with Crippen LogP contribution in [0.5, 0.6) is 5.75 Å². The molecule has 0 radical (unpaired) electrons. The van der Waals surface area contributed by atoms with Gasteiger partial charge in [-0.2, -0.15) is 0 Å². The molecular formula is C16H23ClN2O2. The van der Waals surface area contributed by atoms with Crippen molar-refractivity contribution in [1.29, 1.82) is 0 Å². The van der Waals surface area contributed by atoms with Gasteiger partial charge >= 0.3 is 0 Å². The molecule has 1 unspecified atom stereocenters. The summed E-state index contributed by atoms with van der Waals surface area (Å²) in [4.78, 5) is 11.7. The van der Waals surface area contributed by atoms with Gasteiger partial charge in [-0.3, -0.25) is 4.79 Å². The molecule has 1 saturated carbocycles. The maximum atomic E-state index is 11.7. The Kier molecular flexibility index (Phi) is 5.88. The Morgan fingerprint density at radius 1 is 1.48 bits per heavy atom. The number of carbonyl (C=O) groups is 1. The van der Waals surface area contributed by atoms with E-state index in [-0.39, 0.29) is 18.6 Å². The van der Waals surface area contributed by atoms with E-state index in [2.05, 4.69) is 17.6 Å². The molecule has 0 heterocycles. The minimum atomic E-state index is -0.0705. The van der Waals surface area contributed by atoms with Crippen molar-refractivity contribution in [2.24, 2.45) is 5.92 Å². The number of ether oxygens (including phenoxy) is 1. The first-order valence-corrected chi connectivity index (χ1v) is 7.90. The van der Waals surface area contributed by atoms with Crippen LogP contribution in [0.2, 0.25) is 5.02 Å². The molecule has 0 aliphatic heterocycles. The predicted molar refractivity (Wildman–Crippen MR) is 84.8 cm³/mol. The van der Waals surface area contributed by atoms with E-state index in [1.165, 1.54) is 12.8 Å². The normalized spacial score (nSPS) is 15.6. The minimum Gasteiger partial charge on any atom is -0.483 e. The Balaban J connectivity index is 1.92. The van der Waals surface area contributed by atoms with Crippen molar-refractivity contribution in [2.75, 3.05) is 19.7 Å². The maximum Gasteiger partial charge on any atom is 0.257 e. The molecule has 1 amide bonds. The first-order chi connectivity index (χ1) is 10.1. The number of nitrogens with one attached hydrogen (secondary N) is 2. The van der Waals surface area contributed by atoms with Crippen LogP contribution in [-0.4, -0.2) is 25.6 Å². The molecule has 2 rings (SSSR count). The number of hydrogen-bond acceptors (Lipinski definition) is 3. The SMILES string of the molecule is CCNC(C)c1cc(Cl)ccc1OCC(=O)NCC1CC1. The fourth-order valence-electron chi connectivity index (χ4n) is 2.18. The molecule has 0 bridgehead atoms. The second-order valence-electron chi connectivity index (χ2n) is 5.50. The summed E-state index contributed by atoms with van der Waals surface area (Å²) < 4.78 is 5.66. The Morgan fingerprint density at radius 3 is 2.90 bits per heavy atom. The third-order valence-electron chi connectivity index (χ3n) is 3.59. The number of halogens is 1. The fraction of sp³-hybridized carbons (Fsp3) is 0.562. The largest absolute Gasteiger partial charge is 0.483 e. The van der Waals surface area contributed by atoms with Gasteiger partial charge in [0.15, 0.2) is 6.61 Å². The van der Waals surface area contributed by atoms with Crippen LogP contribution < -0.4 is 15.4 Å². The highest BCUT2D eigenvalue weighted by Gasteiger charge is 2.21. The van der Waals surface area contributed by atoms with Crippen LogP contribution in [0, 0.1) is 5.92 Å². The minimum absolute atomic E-state index is 0.0419. The molecule has 1 aromatic rings. The molecule has 4 nitrogen and oxygen atoms in total. The van der Waals surface area contributed by atoms with Gasteiger partial charge in [0.05, 0.1) is 0 Å². The molecule has 2 N–H and O–H groups in total. The fourth-order valence-corrected chi connectivity index (χ4v) is 2.36. The number of amides is 1. The summed E-state index contributed by atoms with van der Waals surface area (Å²) in [5.41, 5.74) is 0.972. The molecule has 1 atom stereocenters. The molecule has 5 heteroatoms. The van der Waals surface area contributed by atoms with E-state index in [0.717, 1.165) is 18.7 Å². The molecule has 1 fully saturated rings. The average Bonchev–Trinajstić information content (AvgIpc) is 3.28. The van der Waals surface area contributed by atoms with E-state index in [0.29, 0.717) is 16.7 Å². The van der Waals surface area contributed by atoms with E-state index in [9.17, 15) is 4.79 Å². The second kappa shape index (κ2) is 7.66. The number of benzene rings is 1. The highest BCUT2D eigenvalue weighted by Crippen LogP contribution is 2.29. The van der Waals surface area contributed by atoms with Gasteiger partial charge in [0.2, 0.25) is 0 Å². The standard InChI is InChI=1S/C16H23ClN2O2/c1-3-18-11(2)14-8-13(17)6-7-15(14)21-10-16(20)19-9-12-4-5-12/h6-8,11-12,18H,3-5,9-10H2,1-2H3,(H,19,20). The van der Waals surface area contributed by atoms with Crippen molar-refractivity contribution < 1.29 is 9.53 Å². The topological polar surface area (TPSA) is 50.4 Å². The lowest BCUT2D eigenvalue weighted by Gasteiger charge is -2.18. The molecule has 21 heavy (non-hydrogen) atoms. The summed E-state index contributed by atoms with van der Waals surface area (Å²) >= 11 is 6.05. The Hall–Kier alpha value is -1.26. The number of hydrogen-bond donors (Lipinski definition) is 2. The van der Waals surface area contributed by atoms with Gasteiger partial charge in [-0.1, -0.05) is 18.5 Å². The molecule has 1 aliphatic carbocycles. The van der Waals surface area contributed by atoms with Gasteiger partial charge < -0.3 is 15.4 Å². The first kappa shape index (κ1) is 16.1. The van der Waals surface area contributed by atoms with Crippen LogP contribution >= 0.6 is 11.6 Å². The third kappa shape index (κ3) is 5.21. The Morgan fingerprint density at radius 2 is 2.24 bits per heavy atom. The van der Waals surface area contributed by atoms with Crippen molar-refractivity contribution in [3.8, 4) is 5.75 Å². The number of rotatable bonds is 8. The van der Waals surface area contributed by atoms with Gasteiger partial charge in [0.1, 0.15) is 5.75 Å². The highest BCUT2D eigenvalue weighted by atomic mass is 35.5. The summed E-state index contributed by atoms with van der Waals surface area (Å²) in [6.07, 6.45) is 2.45. The summed E-state index contributed by atoms with van der Waals surface area (Å²) in [7, 11) is 0. The van der Waals surface area contributed by atoms with E-state index in [1.54, 1.807) is 6.07 Å². The lowest BCUT2D eigenvalue weighted by molar-refractivity contribution is -0.123. The monoisotopic (exact) mass is 310 g/mol. The summed E-state index contributed by atoms with van der Waals surface area (Å²) in [5, 5.41) is 6.89. The average molecular weight is 311 g/mol. The molecule has 0 saturated heterocycles. The molecule has 116 valence electrons. The predicted octanol–water partition coefficient (Wildman–Crippen LogP) is 2.92. The Bertz CT molecular complexity index is 489. The zero-order chi connectivity index (χ0) is 15.2. The lowest BCUT2D eigenvalue weighted by atomic mass is 10.1. The van der Waals surface area contributed by atoms with Gasteiger partial charge in [0, 0.05) is 23.2 Å². The van der Waals surface area contributed by atoms with Crippen LogP contribution in [0.15, 0.2) is 18.2 Å². The number of carbonyl (C=O) groups excluding carboxylic acids is 1. The molecular weight excluding hydrogens is 288 g/mol. The van der Waals surface area contributed by atoms with Crippen LogP contribution in [-0.2, 0) is 4.79 Å². The van der Waals surface area contributed by atoms with Crippen molar-refractivity contribution in [3.63, 3.8) is 0 Å². The zero-order valence-corrected chi connectivity index (χ0v) is 13.4. The molecule has 0 spiro atoms. The molecule has 1 aliphatic rings. The summed E-state index contributed by atoms with van der Waals surface area (Å²) in [5.74, 6) is 1.31. The maximum absolute atomic E-state index is 11.7. The van der Waals surface area contributed by atoms with Crippen molar-refractivity contribution in [1.82, 2.24) is 10.6 Å². The zero-order valence-electron chi connectivity index (χ0n) is 12.6. The van der Waals surface area contributed by atoms with E-state index in [4.69, 9.17) is 16.3 Å². The highest BCUT2D eigenvalue weighted by molar-refractivity contribution is 6.30. The third-order valence-corrected chi connectivity index (χ3v) is 3.83. The van der Waals surface area contributed by atoms with Gasteiger partial charge in [-0.25, -0.2) is 0 Å². The van der Waals surface area contributed by atoms with E-state index < -0.39 is 0 Å². The van der Waals surface area contributed by atoms with E-state index in [1.807, 2.05) is 19.1 Å². The van der Waals surface area contributed by atoms with Crippen LogP contribution in [0.1, 0.15) is 38.3 Å². The van der Waals surface area contributed by atoms with Crippen molar-refractivity contribution >= 4 is 17.5 Å². The second-order valence-corrected chi connectivity index (χ2v) is 5.93. The van der Waals surface area contributed by atoms with Crippen molar-refractivity contribution in [2.45, 2.75) is 32.7 Å². The van der Waals surface area contributed by atoms with Crippen LogP contribution in [0.4, 0.5) is 0 Å². The quantitative estimate of drug-likeness (QED) is 0.776. The molecule has 1 aromatic carbocycles. The lowest BCUT2D eigenvalue weighted by Crippen LogP contribution is -2.30. The van der Waals surface area contributed by atoms with Crippen LogP contribution in [0.25, 0.3) is 0 Å². The van der Waals surface area contributed by atoms with Crippen LogP contribution in [0.3, 0.4) is 0 Å². The van der Waals surface area contributed by atoms with Gasteiger partial charge in [-0.15, -0.1) is 0 Å². The smallest absolute Gasteiger partial charge is 0.257 e. The summed E-state index contributed by atoms with van der Waals surface area (Å²) in [6.45, 7) is 5.76. The van der Waals surface area contributed by atoms with Gasteiger partial charge in [0.25, 0.3) is 5.91 Å². The Labute approximate surface area is 131 Å². The summed E-state index contributed by atoms with van der Waals surface area (Å²) in [6, 6.07) is 5.60. The van der Waals surface area contributed by atoms with Gasteiger partial charge in [-0.05, 0) is 50.4 Å². The first-order valence-electron chi connectivity index (χ1n) is 7.52.